The molecule has 0 bridgehead atoms. The van der Waals surface area contributed by atoms with Crippen LogP contribution in [0.3, 0.4) is 0 Å². The van der Waals surface area contributed by atoms with Crippen molar-refractivity contribution < 1.29 is 9.53 Å². The summed E-state index contributed by atoms with van der Waals surface area (Å²) in [5.74, 6) is 0.663. The van der Waals surface area contributed by atoms with Crippen LogP contribution in [0.4, 0.5) is 0 Å². The van der Waals surface area contributed by atoms with Gasteiger partial charge < -0.3 is 10.1 Å². The predicted molar refractivity (Wildman–Crippen MR) is 86.3 cm³/mol. The van der Waals surface area contributed by atoms with E-state index in [0.717, 1.165) is 28.1 Å². The number of methoxy groups -OCH3 is 1. The largest absolute Gasteiger partial charge is 0.497 e. The smallest absolute Gasteiger partial charge is 0.270 e. The number of carbonyl (C=O) groups excluding carboxylic acids is 1. The molecule has 1 amide bonds. The molecule has 1 aromatic heterocycles. The van der Waals surface area contributed by atoms with E-state index in [1.807, 2.05) is 54.6 Å². The van der Waals surface area contributed by atoms with Gasteiger partial charge in [-0.1, -0.05) is 30.3 Å². The Morgan fingerprint density at radius 3 is 2.48 bits per heavy atom. The molecular formula is C18H15N3O2. The monoisotopic (exact) mass is 305 g/mol. The number of nitrogens with one attached hydrogen (secondary N) is 2. The Labute approximate surface area is 133 Å². The maximum atomic E-state index is 12.2. The summed E-state index contributed by atoms with van der Waals surface area (Å²) in [6.07, 6.45) is 0. The van der Waals surface area contributed by atoms with Crippen LogP contribution >= 0.6 is 0 Å². The average molecular weight is 305 g/mol. The van der Waals surface area contributed by atoms with Crippen molar-refractivity contribution in [2.75, 3.05) is 7.11 Å². The fourth-order valence-electron chi connectivity index (χ4n) is 2.94. The number of benzene rings is 2. The summed E-state index contributed by atoms with van der Waals surface area (Å²) in [6.45, 7) is 0. The third-order valence-corrected chi connectivity index (χ3v) is 4.09. The molecule has 4 rings (SSSR count). The van der Waals surface area contributed by atoms with Crippen LogP contribution in [0, 0.1) is 0 Å². The first-order chi connectivity index (χ1) is 11.3. The lowest BCUT2D eigenvalue weighted by Gasteiger charge is -2.13. The van der Waals surface area contributed by atoms with Crippen LogP contribution in [0.25, 0.3) is 11.3 Å². The maximum Gasteiger partial charge on any atom is 0.270 e. The summed E-state index contributed by atoms with van der Waals surface area (Å²) in [5.41, 5.74) is 4.20. The van der Waals surface area contributed by atoms with E-state index in [9.17, 15) is 4.79 Å². The predicted octanol–water partition coefficient (Wildman–Crippen LogP) is 2.92. The Kier molecular flexibility index (Phi) is 3.12. The lowest BCUT2D eigenvalue weighted by Crippen LogP contribution is -2.21. The highest BCUT2D eigenvalue weighted by Gasteiger charge is 2.35. The Hall–Kier alpha value is -3.08. The van der Waals surface area contributed by atoms with Crippen molar-refractivity contribution in [3.63, 3.8) is 0 Å². The van der Waals surface area contributed by atoms with Gasteiger partial charge >= 0.3 is 0 Å². The molecule has 3 aromatic rings. The van der Waals surface area contributed by atoms with Crippen molar-refractivity contribution in [3.8, 4) is 17.0 Å². The Morgan fingerprint density at radius 2 is 1.78 bits per heavy atom. The summed E-state index contributed by atoms with van der Waals surface area (Å²) in [5, 5.41) is 10.2. The molecule has 0 radical (unpaired) electrons. The molecule has 0 unspecified atom stereocenters. The van der Waals surface area contributed by atoms with E-state index < -0.39 is 0 Å². The Bertz CT molecular complexity index is 854. The van der Waals surface area contributed by atoms with Gasteiger partial charge in [0.25, 0.3) is 5.91 Å². The second kappa shape index (κ2) is 5.28. The summed E-state index contributed by atoms with van der Waals surface area (Å²) in [4.78, 5) is 12.2. The van der Waals surface area contributed by atoms with Gasteiger partial charge in [0.1, 0.15) is 11.4 Å². The molecule has 2 N–H and O–H groups in total. The van der Waals surface area contributed by atoms with Crippen molar-refractivity contribution in [1.82, 2.24) is 15.5 Å². The molecule has 0 aliphatic carbocycles. The molecule has 2 aromatic carbocycles. The first-order valence-electron chi connectivity index (χ1n) is 7.36. The number of hydrogen-bond acceptors (Lipinski definition) is 3. The summed E-state index contributed by atoms with van der Waals surface area (Å²) < 4.78 is 5.19. The highest BCUT2D eigenvalue weighted by atomic mass is 16.5. The number of nitrogens with zero attached hydrogens (tertiary/aromatic N) is 1. The minimum absolute atomic E-state index is 0.124. The zero-order chi connectivity index (χ0) is 15.8. The van der Waals surface area contributed by atoms with E-state index in [1.54, 1.807) is 7.11 Å². The fraction of sp³-hybridized carbons (Fsp3) is 0.111. The van der Waals surface area contributed by atoms with Crippen molar-refractivity contribution in [3.05, 3.63) is 71.4 Å². The van der Waals surface area contributed by atoms with Crippen LogP contribution in [0.15, 0.2) is 54.6 Å². The van der Waals surface area contributed by atoms with Crippen molar-refractivity contribution in [2.24, 2.45) is 0 Å². The SMILES string of the molecule is COc1ccc(-c2n[nH]c3c2[C@H](c2ccccc2)NC3=O)cc1. The van der Waals surface area contributed by atoms with Gasteiger partial charge in [-0.25, -0.2) is 0 Å². The fourth-order valence-corrected chi connectivity index (χ4v) is 2.94. The lowest BCUT2D eigenvalue weighted by molar-refractivity contribution is 0.0955. The summed E-state index contributed by atoms with van der Waals surface area (Å²) >= 11 is 0. The van der Waals surface area contributed by atoms with Gasteiger partial charge in [-0.2, -0.15) is 5.10 Å². The van der Waals surface area contributed by atoms with E-state index in [0.29, 0.717) is 5.69 Å². The van der Waals surface area contributed by atoms with Crippen molar-refractivity contribution in [1.29, 1.82) is 0 Å². The van der Waals surface area contributed by atoms with Crippen molar-refractivity contribution >= 4 is 5.91 Å². The molecule has 23 heavy (non-hydrogen) atoms. The highest BCUT2D eigenvalue weighted by molar-refractivity contribution is 6.00. The lowest BCUT2D eigenvalue weighted by atomic mass is 9.97. The number of carbonyl (C=O) groups is 1. The third-order valence-electron chi connectivity index (χ3n) is 4.09. The van der Waals surface area contributed by atoms with Gasteiger partial charge in [0.15, 0.2) is 0 Å². The number of fused-ring (bicyclic) bond motifs is 1. The van der Waals surface area contributed by atoms with E-state index in [1.165, 1.54) is 0 Å². The van der Waals surface area contributed by atoms with Crippen LogP contribution < -0.4 is 10.1 Å². The molecule has 1 aliphatic rings. The maximum absolute atomic E-state index is 12.2. The molecule has 5 heteroatoms. The molecule has 1 atom stereocenters. The van der Waals surface area contributed by atoms with Gasteiger partial charge in [-0.05, 0) is 29.8 Å². The zero-order valence-electron chi connectivity index (χ0n) is 12.5. The number of aromatic nitrogens is 2. The standard InChI is InChI=1S/C18H15N3O2/c1-23-13-9-7-12(8-10-13)16-14-15(11-5-3-2-4-6-11)19-18(22)17(14)21-20-16/h2-10,15H,1H3,(H,19,22)(H,20,21)/t15-/m0/s1. The molecule has 1 aliphatic heterocycles. The number of aromatic amines is 1. The van der Waals surface area contributed by atoms with Crippen LogP contribution in [0.1, 0.15) is 27.7 Å². The molecule has 0 saturated carbocycles. The normalized spacial score (nSPS) is 16.0. The molecule has 0 fully saturated rings. The molecular weight excluding hydrogens is 290 g/mol. The minimum atomic E-state index is -0.186. The highest BCUT2D eigenvalue weighted by Crippen LogP contribution is 2.37. The van der Waals surface area contributed by atoms with E-state index >= 15 is 0 Å². The van der Waals surface area contributed by atoms with E-state index in [4.69, 9.17) is 4.74 Å². The average Bonchev–Trinajstić information content (AvgIpc) is 3.17. The molecule has 5 nitrogen and oxygen atoms in total. The van der Waals surface area contributed by atoms with Gasteiger partial charge in [-0.3, -0.25) is 9.89 Å². The number of ether oxygens (including phenoxy) is 1. The van der Waals surface area contributed by atoms with Crippen molar-refractivity contribution in [2.45, 2.75) is 6.04 Å². The second-order valence-corrected chi connectivity index (χ2v) is 5.41. The summed E-state index contributed by atoms with van der Waals surface area (Å²) in [7, 11) is 1.63. The number of hydrogen-bond donors (Lipinski definition) is 2. The van der Waals surface area contributed by atoms with Gasteiger partial charge in [0.2, 0.25) is 0 Å². The van der Waals surface area contributed by atoms with Crippen LogP contribution in [-0.4, -0.2) is 23.2 Å². The number of rotatable bonds is 3. The van der Waals surface area contributed by atoms with E-state index in [2.05, 4.69) is 15.5 Å². The minimum Gasteiger partial charge on any atom is -0.497 e. The molecule has 114 valence electrons. The second-order valence-electron chi connectivity index (χ2n) is 5.41. The topological polar surface area (TPSA) is 67.0 Å². The molecule has 0 saturated heterocycles. The van der Waals surface area contributed by atoms with Gasteiger partial charge in [0.05, 0.1) is 18.8 Å². The van der Waals surface area contributed by atoms with E-state index in [-0.39, 0.29) is 11.9 Å². The number of amides is 1. The Balaban J connectivity index is 1.82. The Morgan fingerprint density at radius 1 is 1.04 bits per heavy atom. The van der Waals surface area contributed by atoms with Gasteiger partial charge in [0, 0.05) is 11.1 Å². The summed E-state index contributed by atoms with van der Waals surface area (Å²) in [6, 6.07) is 17.4. The molecule has 0 spiro atoms. The molecule has 2 heterocycles. The first-order valence-corrected chi connectivity index (χ1v) is 7.36. The van der Waals surface area contributed by atoms with Crippen LogP contribution in [0.2, 0.25) is 0 Å². The van der Waals surface area contributed by atoms with Gasteiger partial charge in [-0.15, -0.1) is 0 Å². The van der Waals surface area contributed by atoms with Crippen LogP contribution in [-0.2, 0) is 0 Å². The first kappa shape index (κ1) is 13.6. The number of H-pyrrole nitrogens is 1. The zero-order valence-corrected chi connectivity index (χ0v) is 12.5. The third kappa shape index (κ3) is 2.17. The quantitative estimate of drug-likeness (QED) is 0.782. The van der Waals surface area contributed by atoms with Crippen LogP contribution in [0.5, 0.6) is 5.75 Å².